The molecule has 2 aromatic carbocycles. The topological polar surface area (TPSA) is 32.3 Å². The zero-order valence-corrected chi connectivity index (χ0v) is 12.0. The molecule has 0 aromatic heterocycles. The highest BCUT2D eigenvalue weighted by Crippen LogP contribution is 2.31. The lowest BCUT2D eigenvalue weighted by Crippen LogP contribution is -2.53. The number of benzene rings is 2. The summed E-state index contributed by atoms with van der Waals surface area (Å²) >= 11 is 0. The Kier molecular flexibility index (Phi) is 4.04. The predicted octanol–water partition coefficient (Wildman–Crippen LogP) is 3.50. The van der Waals surface area contributed by atoms with Crippen molar-refractivity contribution in [1.29, 1.82) is 0 Å². The van der Waals surface area contributed by atoms with Crippen molar-refractivity contribution in [2.45, 2.75) is 31.3 Å². The van der Waals surface area contributed by atoms with Gasteiger partial charge in [0.15, 0.2) is 0 Å². The van der Waals surface area contributed by atoms with Crippen LogP contribution in [0.4, 0.5) is 4.39 Å². The SMILES string of the molecule is OCC1(NCc2ccc(-c3ccccc3)cc2F)CCC1. The van der Waals surface area contributed by atoms with Gasteiger partial charge in [0.05, 0.1) is 6.61 Å². The highest BCUT2D eigenvalue weighted by atomic mass is 19.1. The van der Waals surface area contributed by atoms with E-state index >= 15 is 0 Å². The number of halogens is 1. The molecule has 0 amide bonds. The van der Waals surface area contributed by atoms with Crippen LogP contribution in [0.15, 0.2) is 48.5 Å². The average Bonchev–Trinajstić information content (AvgIpc) is 2.49. The molecule has 0 saturated heterocycles. The van der Waals surface area contributed by atoms with Gasteiger partial charge in [-0.2, -0.15) is 0 Å². The molecule has 2 aromatic rings. The zero-order chi connectivity index (χ0) is 14.7. The number of rotatable bonds is 5. The standard InChI is InChI=1S/C18H20FNO/c19-17-11-15(14-5-2-1-3-6-14)7-8-16(17)12-20-18(13-21)9-4-10-18/h1-3,5-8,11,20-21H,4,9-10,12-13H2. The molecule has 1 fully saturated rings. The summed E-state index contributed by atoms with van der Waals surface area (Å²) in [4.78, 5) is 0. The molecule has 2 nitrogen and oxygen atoms in total. The van der Waals surface area contributed by atoms with Crippen LogP contribution < -0.4 is 5.32 Å². The van der Waals surface area contributed by atoms with E-state index in [1.165, 1.54) is 0 Å². The van der Waals surface area contributed by atoms with E-state index in [4.69, 9.17) is 0 Å². The normalized spacial score (nSPS) is 16.5. The Balaban J connectivity index is 1.73. The molecule has 110 valence electrons. The van der Waals surface area contributed by atoms with Gasteiger partial charge < -0.3 is 10.4 Å². The van der Waals surface area contributed by atoms with Crippen molar-refractivity contribution in [1.82, 2.24) is 5.32 Å². The van der Waals surface area contributed by atoms with Gasteiger partial charge in [-0.1, -0.05) is 42.5 Å². The minimum atomic E-state index is -0.198. The molecule has 0 unspecified atom stereocenters. The average molecular weight is 285 g/mol. The first-order valence-corrected chi connectivity index (χ1v) is 7.42. The van der Waals surface area contributed by atoms with Gasteiger partial charge in [0.1, 0.15) is 5.82 Å². The summed E-state index contributed by atoms with van der Waals surface area (Å²) in [7, 11) is 0. The minimum Gasteiger partial charge on any atom is -0.394 e. The summed E-state index contributed by atoms with van der Waals surface area (Å²) in [5, 5.41) is 12.7. The van der Waals surface area contributed by atoms with Gasteiger partial charge in [-0.3, -0.25) is 0 Å². The molecule has 1 aliphatic carbocycles. The first-order chi connectivity index (χ1) is 10.2. The fourth-order valence-corrected chi connectivity index (χ4v) is 2.78. The van der Waals surface area contributed by atoms with E-state index < -0.39 is 0 Å². The van der Waals surface area contributed by atoms with Gasteiger partial charge in [-0.05, 0) is 36.5 Å². The molecule has 0 bridgehead atoms. The van der Waals surface area contributed by atoms with Crippen molar-refractivity contribution in [3.8, 4) is 11.1 Å². The van der Waals surface area contributed by atoms with Crippen LogP contribution in [0.3, 0.4) is 0 Å². The van der Waals surface area contributed by atoms with E-state index in [-0.39, 0.29) is 18.0 Å². The lowest BCUT2D eigenvalue weighted by Gasteiger charge is -2.41. The van der Waals surface area contributed by atoms with Crippen molar-refractivity contribution in [2.24, 2.45) is 0 Å². The van der Waals surface area contributed by atoms with Crippen LogP contribution in [-0.4, -0.2) is 17.3 Å². The van der Waals surface area contributed by atoms with Gasteiger partial charge in [-0.25, -0.2) is 4.39 Å². The monoisotopic (exact) mass is 285 g/mol. The van der Waals surface area contributed by atoms with Crippen LogP contribution in [0.5, 0.6) is 0 Å². The molecular weight excluding hydrogens is 265 g/mol. The summed E-state index contributed by atoms with van der Waals surface area (Å²) in [5.74, 6) is -0.198. The molecule has 0 atom stereocenters. The van der Waals surface area contributed by atoms with Crippen molar-refractivity contribution in [2.75, 3.05) is 6.61 Å². The number of nitrogens with one attached hydrogen (secondary N) is 1. The van der Waals surface area contributed by atoms with Crippen molar-refractivity contribution < 1.29 is 9.50 Å². The number of aliphatic hydroxyl groups is 1. The van der Waals surface area contributed by atoms with Gasteiger partial charge in [0.2, 0.25) is 0 Å². The van der Waals surface area contributed by atoms with E-state index in [9.17, 15) is 9.50 Å². The third-order valence-corrected chi connectivity index (χ3v) is 4.43. The molecule has 0 aliphatic heterocycles. The van der Waals surface area contributed by atoms with E-state index in [0.29, 0.717) is 12.1 Å². The summed E-state index contributed by atoms with van der Waals surface area (Å²) in [5.41, 5.74) is 2.36. The van der Waals surface area contributed by atoms with Gasteiger partial charge in [-0.15, -0.1) is 0 Å². The first kappa shape index (κ1) is 14.2. The zero-order valence-electron chi connectivity index (χ0n) is 12.0. The van der Waals surface area contributed by atoms with Crippen LogP contribution in [-0.2, 0) is 6.54 Å². The number of aliphatic hydroxyl groups excluding tert-OH is 1. The van der Waals surface area contributed by atoms with E-state index in [0.717, 1.165) is 30.4 Å². The Morgan fingerprint density at radius 2 is 1.81 bits per heavy atom. The molecule has 0 spiro atoms. The van der Waals surface area contributed by atoms with Gasteiger partial charge >= 0.3 is 0 Å². The maximum atomic E-state index is 14.2. The minimum absolute atomic E-state index is 0.122. The summed E-state index contributed by atoms with van der Waals surface area (Å²) < 4.78 is 14.2. The van der Waals surface area contributed by atoms with Crippen molar-refractivity contribution in [3.63, 3.8) is 0 Å². The maximum Gasteiger partial charge on any atom is 0.128 e. The Morgan fingerprint density at radius 1 is 1.05 bits per heavy atom. The largest absolute Gasteiger partial charge is 0.394 e. The molecule has 1 saturated carbocycles. The van der Waals surface area contributed by atoms with Crippen LogP contribution in [0, 0.1) is 5.82 Å². The van der Waals surface area contributed by atoms with Crippen LogP contribution >= 0.6 is 0 Å². The fourth-order valence-electron chi connectivity index (χ4n) is 2.78. The Bertz CT molecular complexity index is 602. The quantitative estimate of drug-likeness (QED) is 0.881. The summed E-state index contributed by atoms with van der Waals surface area (Å²) in [6, 6.07) is 15.2. The molecule has 3 heteroatoms. The van der Waals surface area contributed by atoms with Crippen molar-refractivity contribution in [3.05, 3.63) is 59.9 Å². The maximum absolute atomic E-state index is 14.2. The second kappa shape index (κ2) is 5.96. The van der Waals surface area contributed by atoms with Crippen LogP contribution in [0.2, 0.25) is 0 Å². The molecule has 0 heterocycles. The van der Waals surface area contributed by atoms with Crippen LogP contribution in [0.25, 0.3) is 11.1 Å². The predicted molar refractivity (Wildman–Crippen MR) is 82.3 cm³/mol. The van der Waals surface area contributed by atoms with E-state index in [2.05, 4.69) is 5.32 Å². The molecule has 3 rings (SSSR count). The van der Waals surface area contributed by atoms with Gasteiger partial charge in [0.25, 0.3) is 0 Å². The molecule has 2 N–H and O–H groups in total. The molecular formula is C18H20FNO. The second-order valence-corrected chi connectivity index (χ2v) is 5.82. The lowest BCUT2D eigenvalue weighted by atomic mass is 9.77. The lowest BCUT2D eigenvalue weighted by molar-refractivity contribution is 0.0869. The first-order valence-electron chi connectivity index (χ1n) is 7.42. The number of hydrogen-bond donors (Lipinski definition) is 2. The smallest absolute Gasteiger partial charge is 0.128 e. The van der Waals surface area contributed by atoms with Gasteiger partial charge in [0, 0.05) is 17.6 Å². The van der Waals surface area contributed by atoms with Crippen LogP contribution in [0.1, 0.15) is 24.8 Å². The summed E-state index contributed by atoms with van der Waals surface area (Å²) in [6.45, 7) is 0.582. The van der Waals surface area contributed by atoms with E-state index in [1.807, 2.05) is 42.5 Å². The molecule has 21 heavy (non-hydrogen) atoms. The molecule has 1 aliphatic rings. The fraction of sp³-hybridized carbons (Fsp3) is 0.333. The molecule has 0 radical (unpaired) electrons. The highest BCUT2D eigenvalue weighted by molar-refractivity contribution is 5.63. The second-order valence-electron chi connectivity index (χ2n) is 5.82. The summed E-state index contributed by atoms with van der Waals surface area (Å²) in [6.07, 6.45) is 3.06. The third-order valence-electron chi connectivity index (χ3n) is 4.43. The van der Waals surface area contributed by atoms with Crippen molar-refractivity contribution >= 4 is 0 Å². The number of hydrogen-bond acceptors (Lipinski definition) is 2. The Labute approximate surface area is 124 Å². The van der Waals surface area contributed by atoms with E-state index in [1.54, 1.807) is 6.07 Å². The third kappa shape index (κ3) is 2.99. The Morgan fingerprint density at radius 3 is 2.38 bits per heavy atom. The highest BCUT2D eigenvalue weighted by Gasteiger charge is 2.35. The Hall–Kier alpha value is -1.71.